The summed E-state index contributed by atoms with van der Waals surface area (Å²) in [6.45, 7) is 0. The van der Waals surface area contributed by atoms with E-state index < -0.39 is 5.97 Å². The minimum Gasteiger partial charge on any atom is -0.478 e. The quantitative estimate of drug-likeness (QED) is 0.794. The van der Waals surface area contributed by atoms with Crippen LogP contribution in [0.15, 0.2) is 29.2 Å². The van der Waals surface area contributed by atoms with Crippen LogP contribution in [0, 0.1) is 5.92 Å². The van der Waals surface area contributed by atoms with Gasteiger partial charge in [-0.1, -0.05) is 12.5 Å². The van der Waals surface area contributed by atoms with Crippen LogP contribution < -0.4 is 0 Å². The van der Waals surface area contributed by atoms with Gasteiger partial charge in [0.1, 0.15) is 0 Å². The molecule has 0 bridgehead atoms. The highest BCUT2D eigenvalue weighted by Crippen LogP contribution is 2.32. The summed E-state index contributed by atoms with van der Waals surface area (Å²) in [7, 11) is 0. The third kappa shape index (κ3) is 2.75. The fraction of sp³-hybridized carbons (Fsp3) is 0.417. The summed E-state index contributed by atoms with van der Waals surface area (Å²) in [4.78, 5) is 11.8. The first kappa shape index (κ1) is 10.6. The zero-order valence-electron chi connectivity index (χ0n) is 8.48. The Balaban J connectivity index is 1.94. The van der Waals surface area contributed by atoms with Crippen LogP contribution in [0.2, 0.25) is 0 Å². The van der Waals surface area contributed by atoms with Crippen LogP contribution in [0.5, 0.6) is 0 Å². The maximum absolute atomic E-state index is 10.7. The topological polar surface area (TPSA) is 37.3 Å². The molecule has 0 aromatic heterocycles. The molecule has 1 fully saturated rings. The molecule has 0 atom stereocenters. The Labute approximate surface area is 93.7 Å². The summed E-state index contributed by atoms with van der Waals surface area (Å²) < 4.78 is 0. The lowest BCUT2D eigenvalue weighted by Gasteiger charge is -2.24. The van der Waals surface area contributed by atoms with E-state index >= 15 is 0 Å². The molecule has 1 aromatic rings. The maximum Gasteiger partial charge on any atom is 0.335 e. The van der Waals surface area contributed by atoms with E-state index in [0.717, 1.165) is 16.6 Å². The lowest BCUT2D eigenvalue weighted by atomic mass is 9.87. The summed E-state index contributed by atoms with van der Waals surface area (Å²) >= 11 is 1.77. The van der Waals surface area contributed by atoms with E-state index in [4.69, 9.17) is 5.11 Å². The predicted octanol–water partition coefficient (Wildman–Crippen LogP) is 3.28. The number of benzene rings is 1. The summed E-state index contributed by atoms with van der Waals surface area (Å²) in [5, 5.41) is 8.83. The molecule has 1 aliphatic rings. The molecule has 15 heavy (non-hydrogen) atoms. The van der Waals surface area contributed by atoms with Crippen molar-refractivity contribution in [2.75, 3.05) is 5.75 Å². The van der Waals surface area contributed by atoms with Gasteiger partial charge in [0.2, 0.25) is 0 Å². The van der Waals surface area contributed by atoms with Gasteiger partial charge in [-0.25, -0.2) is 4.79 Å². The van der Waals surface area contributed by atoms with Gasteiger partial charge in [0, 0.05) is 10.6 Å². The molecule has 0 saturated heterocycles. The van der Waals surface area contributed by atoms with Crippen molar-refractivity contribution >= 4 is 17.7 Å². The normalized spacial score (nSPS) is 16.0. The summed E-state index contributed by atoms with van der Waals surface area (Å²) in [5.74, 6) is 1.13. The molecule has 2 rings (SSSR count). The molecule has 80 valence electrons. The number of carboxylic acids is 1. The van der Waals surface area contributed by atoms with Gasteiger partial charge in [-0.15, -0.1) is 11.8 Å². The van der Waals surface area contributed by atoms with E-state index in [1.54, 1.807) is 23.9 Å². The minimum absolute atomic E-state index is 0.383. The fourth-order valence-electron chi connectivity index (χ4n) is 1.59. The lowest BCUT2D eigenvalue weighted by molar-refractivity contribution is 0.0696. The van der Waals surface area contributed by atoms with Crippen LogP contribution in [0.1, 0.15) is 29.6 Å². The van der Waals surface area contributed by atoms with Gasteiger partial charge >= 0.3 is 5.97 Å². The van der Waals surface area contributed by atoms with E-state index in [1.807, 2.05) is 12.1 Å². The molecule has 1 aliphatic carbocycles. The molecular formula is C12H14O2S. The molecule has 1 N–H and O–H groups in total. The van der Waals surface area contributed by atoms with E-state index in [9.17, 15) is 4.79 Å². The number of aromatic carboxylic acids is 1. The van der Waals surface area contributed by atoms with Gasteiger partial charge in [-0.05, 0) is 37.0 Å². The molecule has 1 aromatic carbocycles. The summed E-state index contributed by atoms with van der Waals surface area (Å²) in [6, 6.07) is 7.18. The third-order valence-corrected chi connectivity index (χ3v) is 4.02. The number of thioether (sulfide) groups is 1. The van der Waals surface area contributed by atoms with E-state index in [1.165, 1.54) is 19.3 Å². The predicted molar refractivity (Wildman–Crippen MR) is 61.5 cm³/mol. The van der Waals surface area contributed by atoms with E-state index in [2.05, 4.69) is 0 Å². The molecule has 2 nitrogen and oxygen atoms in total. The average molecular weight is 222 g/mol. The Morgan fingerprint density at radius 3 is 2.87 bits per heavy atom. The van der Waals surface area contributed by atoms with Crippen molar-refractivity contribution in [1.29, 1.82) is 0 Å². The first-order chi connectivity index (χ1) is 7.25. The van der Waals surface area contributed by atoms with Crippen LogP contribution in [-0.2, 0) is 0 Å². The van der Waals surface area contributed by atoms with E-state index in [-0.39, 0.29) is 0 Å². The molecule has 0 radical (unpaired) electrons. The second kappa shape index (κ2) is 4.71. The third-order valence-electron chi connectivity index (χ3n) is 2.79. The Morgan fingerprint density at radius 2 is 2.27 bits per heavy atom. The van der Waals surface area contributed by atoms with Crippen LogP contribution in [0.3, 0.4) is 0 Å². The second-order valence-corrected chi connectivity index (χ2v) is 5.03. The van der Waals surface area contributed by atoms with Crippen molar-refractivity contribution in [3.63, 3.8) is 0 Å². The number of hydrogen-bond donors (Lipinski definition) is 1. The lowest BCUT2D eigenvalue weighted by Crippen LogP contribution is -2.13. The summed E-state index contributed by atoms with van der Waals surface area (Å²) in [5.41, 5.74) is 0.383. The average Bonchev–Trinajstić information content (AvgIpc) is 2.16. The fourth-order valence-corrected chi connectivity index (χ4v) is 2.74. The molecule has 1 saturated carbocycles. The van der Waals surface area contributed by atoms with Gasteiger partial charge in [-0.2, -0.15) is 0 Å². The first-order valence-electron chi connectivity index (χ1n) is 5.22. The van der Waals surface area contributed by atoms with Gasteiger partial charge in [0.15, 0.2) is 0 Å². The number of hydrogen-bond acceptors (Lipinski definition) is 2. The second-order valence-electron chi connectivity index (χ2n) is 3.94. The summed E-state index contributed by atoms with van der Waals surface area (Å²) in [6.07, 6.45) is 4.04. The van der Waals surface area contributed by atoms with Crippen LogP contribution in [0.25, 0.3) is 0 Å². The van der Waals surface area contributed by atoms with Gasteiger partial charge in [-0.3, -0.25) is 0 Å². The molecule has 0 amide bonds. The van der Waals surface area contributed by atoms with Crippen molar-refractivity contribution in [3.8, 4) is 0 Å². The Morgan fingerprint density at radius 1 is 1.47 bits per heavy atom. The van der Waals surface area contributed by atoms with Crippen molar-refractivity contribution < 1.29 is 9.90 Å². The smallest absolute Gasteiger partial charge is 0.335 e. The Hall–Kier alpha value is -0.960. The van der Waals surface area contributed by atoms with Crippen molar-refractivity contribution in [2.24, 2.45) is 5.92 Å². The molecule has 0 aliphatic heterocycles. The monoisotopic (exact) mass is 222 g/mol. The van der Waals surface area contributed by atoms with Gasteiger partial charge in [0.05, 0.1) is 5.56 Å². The highest BCUT2D eigenvalue weighted by molar-refractivity contribution is 7.99. The number of rotatable bonds is 4. The van der Waals surface area contributed by atoms with Gasteiger partial charge in [0.25, 0.3) is 0 Å². The zero-order chi connectivity index (χ0) is 10.7. The zero-order valence-corrected chi connectivity index (χ0v) is 9.30. The largest absolute Gasteiger partial charge is 0.478 e. The maximum atomic E-state index is 10.7. The standard InChI is InChI=1S/C12H14O2S/c13-12(14)10-5-2-6-11(7-10)15-8-9-3-1-4-9/h2,5-7,9H,1,3-4,8H2,(H,13,14). The highest BCUT2D eigenvalue weighted by Gasteiger charge is 2.17. The molecular weight excluding hydrogens is 208 g/mol. The minimum atomic E-state index is -0.846. The van der Waals surface area contributed by atoms with E-state index in [0.29, 0.717) is 5.56 Å². The van der Waals surface area contributed by atoms with Gasteiger partial charge < -0.3 is 5.11 Å². The van der Waals surface area contributed by atoms with Crippen LogP contribution >= 0.6 is 11.8 Å². The first-order valence-corrected chi connectivity index (χ1v) is 6.20. The number of carboxylic acid groups (broad SMARTS) is 1. The molecule has 0 spiro atoms. The van der Waals surface area contributed by atoms with Crippen molar-refractivity contribution in [3.05, 3.63) is 29.8 Å². The van der Waals surface area contributed by atoms with Crippen molar-refractivity contribution in [1.82, 2.24) is 0 Å². The van der Waals surface area contributed by atoms with Crippen molar-refractivity contribution in [2.45, 2.75) is 24.2 Å². The molecule has 0 heterocycles. The number of carbonyl (C=O) groups is 1. The Kier molecular flexibility index (Phi) is 3.31. The van der Waals surface area contributed by atoms with Crippen LogP contribution in [-0.4, -0.2) is 16.8 Å². The SMILES string of the molecule is O=C(O)c1cccc(SCC2CCC2)c1. The molecule has 0 unspecified atom stereocenters. The Bertz CT molecular complexity index is 358. The highest BCUT2D eigenvalue weighted by atomic mass is 32.2. The van der Waals surface area contributed by atoms with Crippen LogP contribution in [0.4, 0.5) is 0 Å². The molecule has 3 heteroatoms.